The average Bonchev–Trinajstić information content (AvgIpc) is 2.27. The Hall–Kier alpha value is -1.84. The van der Waals surface area contributed by atoms with Crippen LogP contribution in [0.25, 0.3) is 0 Å². The molecule has 0 fully saturated rings. The lowest BCUT2D eigenvalue weighted by molar-refractivity contribution is 0.0505. The Labute approximate surface area is 107 Å². The van der Waals surface area contributed by atoms with Crippen molar-refractivity contribution in [3.8, 4) is 0 Å². The molecule has 0 saturated heterocycles. The molecule has 18 heavy (non-hydrogen) atoms. The van der Waals surface area contributed by atoms with Gasteiger partial charge in [0.05, 0.1) is 12.5 Å². The molecular formula is C14H20NO3+. The van der Waals surface area contributed by atoms with Crippen LogP contribution in [0.3, 0.4) is 0 Å². The van der Waals surface area contributed by atoms with Crippen molar-refractivity contribution in [2.45, 2.75) is 38.8 Å². The van der Waals surface area contributed by atoms with Crippen LogP contribution in [0.15, 0.2) is 30.3 Å². The van der Waals surface area contributed by atoms with Crippen LogP contribution < -0.4 is 5.32 Å². The van der Waals surface area contributed by atoms with Gasteiger partial charge in [-0.15, -0.1) is 0 Å². The lowest BCUT2D eigenvalue weighted by Crippen LogP contribution is -2.35. The third kappa shape index (κ3) is 4.99. The number of rotatable bonds is 4. The molecule has 98 valence electrons. The number of nitrogens with one attached hydrogen (secondary N) is 1. The number of hydrogen-bond acceptors (Lipinski definition) is 2. The molecule has 0 aliphatic heterocycles. The van der Waals surface area contributed by atoms with E-state index in [1.165, 1.54) is 0 Å². The highest BCUT2D eigenvalue weighted by atomic mass is 16.6. The predicted octanol–water partition coefficient (Wildman–Crippen LogP) is 2.82. The number of alkyl carbamates (subject to hydrolysis) is 1. The first kappa shape index (κ1) is 14.2. The molecule has 1 aromatic carbocycles. The first-order valence-electron chi connectivity index (χ1n) is 5.93. The summed E-state index contributed by atoms with van der Waals surface area (Å²) in [6.07, 6.45) is 0.886. The Morgan fingerprint density at radius 3 is 2.50 bits per heavy atom. The molecule has 2 N–H and O–H groups in total. The molecule has 0 aromatic heterocycles. The van der Waals surface area contributed by atoms with E-state index in [9.17, 15) is 4.79 Å². The maximum Gasteiger partial charge on any atom is 0.408 e. The third-order valence-electron chi connectivity index (χ3n) is 2.23. The first-order valence-corrected chi connectivity index (χ1v) is 5.93. The van der Waals surface area contributed by atoms with Crippen LogP contribution in [0, 0.1) is 0 Å². The van der Waals surface area contributed by atoms with Crippen LogP contribution in [0.1, 0.15) is 38.8 Å². The molecule has 0 unspecified atom stereocenters. The molecule has 0 heterocycles. The molecule has 0 radical (unpaired) electrons. The topological polar surface area (TPSA) is 59.7 Å². The van der Waals surface area contributed by atoms with Crippen molar-refractivity contribution in [3.05, 3.63) is 35.9 Å². The van der Waals surface area contributed by atoms with Crippen molar-refractivity contribution in [2.75, 3.05) is 0 Å². The molecule has 0 spiro atoms. The zero-order valence-electron chi connectivity index (χ0n) is 11.0. The summed E-state index contributed by atoms with van der Waals surface area (Å²) in [5.74, 6) is 0. The number of amides is 1. The summed E-state index contributed by atoms with van der Waals surface area (Å²) >= 11 is 0. The van der Waals surface area contributed by atoms with Crippen LogP contribution in [0.4, 0.5) is 4.79 Å². The van der Waals surface area contributed by atoms with Crippen LogP contribution in [-0.2, 0) is 4.74 Å². The molecule has 0 saturated carbocycles. The standard InChI is InChI=1S/C14H19NO3/c1-14(2,3)18-13(17)15-12(9-10-16)11-7-5-4-6-8-11/h4-8,10,12H,9H2,1-3H3,(H,15,17)/p+1/t12-/m1/s1. The highest BCUT2D eigenvalue weighted by Crippen LogP contribution is 2.16. The van der Waals surface area contributed by atoms with Crippen molar-refractivity contribution in [1.29, 1.82) is 0 Å². The van der Waals surface area contributed by atoms with Crippen molar-refractivity contribution in [2.24, 2.45) is 0 Å². The maximum atomic E-state index is 11.7. The van der Waals surface area contributed by atoms with Gasteiger partial charge in [-0.05, 0) is 26.3 Å². The smallest absolute Gasteiger partial charge is 0.408 e. The molecule has 0 aliphatic rings. The van der Waals surface area contributed by atoms with Gasteiger partial charge in [-0.1, -0.05) is 30.3 Å². The second-order valence-corrected chi connectivity index (χ2v) is 5.03. The van der Waals surface area contributed by atoms with Gasteiger partial charge in [-0.2, -0.15) is 0 Å². The van der Waals surface area contributed by atoms with Crippen LogP contribution >= 0.6 is 0 Å². The first-order chi connectivity index (χ1) is 8.42. The fourth-order valence-corrected chi connectivity index (χ4v) is 1.52. The lowest BCUT2D eigenvalue weighted by atomic mass is 10.0. The van der Waals surface area contributed by atoms with Gasteiger partial charge in [0.1, 0.15) is 5.60 Å². The molecule has 4 nitrogen and oxygen atoms in total. The van der Waals surface area contributed by atoms with Crippen molar-refractivity contribution in [1.82, 2.24) is 5.32 Å². The van der Waals surface area contributed by atoms with E-state index in [-0.39, 0.29) is 6.04 Å². The summed E-state index contributed by atoms with van der Waals surface area (Å²) < 4.78 is 5.19. The number of benzene rings is 1. The SMILES string of the molecule is CC(C)(C)OC(=O)N[C@H](CC=[OH+])c1ccccc1. The van der Waals surface area contributed by atoms with Crippen molar-refractivity contribution in [3.63, 3.8) is 0 Å². The largest absolute Gasteiger partial charge is 0.444 e. The molecule has 1 amide bonds. The van der Waals surface area contributed by atoms with Gasteiger partial charge in [0.2, 0.25) is 0 Å². The van der Waals surface area contributed by atoms with Gasteiger partial charge in [0, 0.05) is 0 Å². The van der Waals surface area contributed by atoms with E-state index in [0.717, 1.165) is 11.8 Å². The van der Waals surface area contributed by atoms with Gasteiger partial charge in [-0.3, -0.25) is 4.79 Å². The monoisotopic (exact) mass is 250 g/mol. The van der Waals surface area contributed by atoms with E-state index in [4.69, 9.17) is 9.53 Å². The summed E-state index contributed by atoms with van der Waals surface area (Å²) in [5.41, 5.74) is 0.391. The van der Waals surface area contributed by atoms with Gasteiger partial charge in [0.15, 0.2) is 0 Å². The molecule has 1 aromatic rings. The Morgan fingerprint density at radius 2 is 2.00 bits per heavy atom. The highest BCUT2D eigenvalue weighted by molar-refractivity contribution is 5.69. The second-order valence-electron chi connectivity index (χ2n) is 5.03. The minimum absolute atomic E-state index is 0.286. The third-order valence-corrected chi connectivity index (χ3v) is 2.23. The van der Waals surface area contributed by atoms with Crippen LogP contribution in [0.2, 0.25) is 0 Å². The average molecular weight is 250 g/mol. The van der Waals surface area contributed by atoms with Gasteiger partial charge >= 0.3 is 6.09 Å². The Balaban J connectivity index is 2.70. The van der Waals surface area contributed by atoms with E-state index in [0.29, 0.717) is 6.42 Å². The predicted molar refractivity (Wildman–Crippen MR) is 71.2 cm³/mol. The number of carbonyl (C=O) groups is 1. The highest BCUT2D eigenvalue weighted by Gasteiger charge is 2.20. The zero-order chi connectivity index (χ0) is 13.6. The quantitative estimate of drug-likeness (QED) is 0.659. The van der Waals surface area contributed by atoms with Crippen molar-refractivity contribution >= 4 is 12.4 Å². The van der Waals surface area contributed by atoms with Gasteiger partial charge in [0.25, 0.3) is 6.29 Å². The zero-order valence-corrected chi connectivity index (χ0v) is 11.0. The molecule has 0 bridgehead atoms. The summed E-state index contributed by atoms with van der Waals surface area (Å²) in [4.78, 5) is 20.6. The fourth-order valence-electron chi connectivity index (χ4n) is 1.52. The molecule has 0 aliphatic carbocycles. The Morgan fingerprint density at radius 1 is 1.39 bits per heavy atom. The molecular weight excluding hydrogens is 230 g/mol. The van der Waals surface area contributed by atoms with E-state index in [2.05, 4.69) is 5.32 Å². The molecule has 1 rings (SSSR count). The van der Waals surface area contributed by atoms with E-state index in [1.807, 2.05) is 51.1 Å². The number of aldehydes is 1. The maximum absolute atomic E-state index is 11.7. The number of ether oxygens (including phenoxy) is 1. The summed E-state index contributed by atoms with van der Waals surface area (Å²) in [7, 11) is 0. The molecule has 1 atom stereocenters. The Bertz CT molecular complexity index is 395. The summed E-state index contributed by atoms with van der Waals surface area (Å²) in [6.45, 7) is 5.42. The lowest BCUT2D eigenvalue weighted by Gasteiger charge is -2.22. The van der Waals surface area contributed by atoms with E-state index >= 15 is 0 Å². The van der Waals surface area contributed by atoms with Crippen LogP contribution in [-0.4, -0.2) is 22.8 Å². The minimum Gasteiger partial charge on any atom is -0.444 e. The van der Waals surface area contributed by atoms with E-state index in [1.54, 1.807) is 0 Å². The fraction of sp³-hybridized carbons (Fsp3) is 0.429. The normalized spacial score (nSPS) is 12.6. The second kappa shape index (κ2) is 6.19. The number of carbonyl (C=O) groups excluding carboxylic acids is 2. The molecule has 4 heteroatoms. The van der Waals surface area contributed by atoms with Gasteiger partial charge in [-0.25, -0.2) is 4.79 Å². The summed E-state index contributed by atoms with van der Waals surface area (Å²) in [6, 6.07) is 9.17. The van der Waals surface area contributed by atoms with E-state index < -0.39 is 11.7 Å². The van der Waals surface area contributed by atoms with Crippen LogP contribution in [0.5, 0.6) is 0 Å². The van der Waals surface area contributed by atoms with Crippen molar-refractivity contribution < 1.29 is 14.3 Å². The number of hydrogen-bond donors (Lipinski definition) is 1. The van der Waals surface area contributed by atoms with Gasteiger partial charge < -0.3 is 10.1 Å². The summed E-state index contributed by atoms with van der Waals surface area (Å²) in [5, 5.41) is 2.74. The minimum atomic E-state index is -0.533. The Kier molecular flexibility index (Phi) is 4.89.